The highest BCUT2D eigenvalue weighted by molar-refractivity contribution is 5.95. The van der Waals surface area contributed by atoms with Crippen LogP contribution in [0.4, 0.5) is 5.69 Å². The van der Waals surface area contributed by atoms with Crippen molar-refractivity contribution in [2.75, 3.05) is 19.0 Å². The molecule has 120 valence electrons. The van der Waals surface area contributed by atoms with Crippen LogP contribution in [0.15, 0.2) is 54.6 Å². The molecular weight excluding hydrogens is 292 g/mol. The summed E-state index contributed by atoms with van der Waals surface area (Å²) in [5, 5.41) is 5.96. The summed E-state index contributed by atoms with van der Waals surface area (Å²) in [6.07, 6.45) is 0.322. The van der Waals surface area contributed by atoms with Crippen LogP contribution < -0.4 is 10.6 Å². The van der Waals surface area contributed by atoms with Gasteiger partial charge in [0.2, 0.25) is 5.91 Å². The largest absolute Gasteiger partial charge is 0.465 e. The van der Waals surface area contributed by atoms with Gasteiger partial charge in [0.05, 0.1) is 12.7 Å². The molecule has 5 heteroatoms. The monoisotopic (exact) mass is 312 g/mol. The lowest BCUT2D eigenvalue weighted by atomic mass is 10.1. The van der Waals surface area contributed by atoms with Gasteiger partial charge in [-0.05, 0) is 17.7 Å². The Balaban J connectivity index is 1.79. The molecule has 0 saturated heterocycles. The predicted molar refractivity (Wildman–Crippen MR) is 89.2 cm³/mol. The Kier molecular flexibility index (Phi) is 6.17. The van der Waals surface area contributed by atoms with Crippen LogP contribution >= 0.6 is 0 Å². The molecule has 0 bridgehead atoms. The normalized spacial score (nSPS) is 9.96. The fourth-order valence-corrected chi connectivity index (χ4v) is 2.12. The van der Waals surface area contributed by atoms with Crippen LogP contribution in [0.5, 0.6) is 0 Å². The van der Waals surface area contributed by atoms with Crippen molar-refractivity contribution in [3.05, 3.63) is 65.7 Å². The molecule has 0 aromatic heterocycles. The van der Waals surface area contributed by atoms with Crippen molar-refractivity contribution in [2.24, 2.45) is 0 Å². The van der Waals surface area contributed by atoms with Crippen LogP contribution in [0, 0.1) is 0 Å². The fraction of sp³-hybridized carbons (Fsp3) is 0.222. The highest BCUT2D eigenvalue weighted by Gasteiger charge is 2.10. The number of methoxy groups -OCH3 is 1. The molecule has 23 heavy (non-hydrogen) atoms. The second-order valence-electron chi connectivity index (χ2n) is 4.98. The summed E-state index contributed by atoms with van der Waals surface area (Å²) in [6.45, 7) is 0.951. The number of ether oxygens (including phenoxy) is 1. The zero-order chi connectivity index (χ0) is 16.5. The highest BCUT2D eigenvalue weighted by atomic mass is 16.5. The fourth-order valence-electron chi connectivity index (χ4n) is 2.12. The van der Waals surface area contributed by atoms with Crippen LogP contribution in [-0.2, 0) is 16.1 Å². The van der Waals surface area contributed by atoms with E-state index in [4.69, 9.17) is 4.74 Å². The molecule has 0 fully saturated rings. The molecular formula is C18H20N2O3. The first kappa shape index (κ1) is 16.5. The quantitative estimate of drug-likeness (QED) is 0.771. The Labute approximate surface area is 135 Å². The van der Waals surface area contributed by atoms with Crippen LogP contribution in [0.3, 0.4) is 0 Å². The molecule has 2 rings (SSSR count). The standard InChI is InChI=1S/C18H20N2O3/c1-23-18(22)15-9-5-6-10-16(15)19-12-11-17(21)20-13-14-7-3-2-4-8-14/h2-10,19H,11-13H2,1H3,(H,20,21). The number of esters is 1. The first-order valence-electron chi connectivity index (χ1n) is 7.42. The van der Waals surface area contributed by atoms with Gasteiger partial charge in [-0.2, -0.15) is 0 Å². The minimum absolute atomic E-state index is 0.0445. The summed E-state index contributed by atoms with van der Waals surface area (Å²) in [5.74, 6) is -0.446. The SMILES string of the molecule is COC(=O)c1ccccc1NCCC(=O)NCc1ccccc1. The Hall–Kier alpha value is -2.82. The number of benzene rings is 2. The van der Waals surface area contributed by atoms with Crippen molar-refractivity contribution < 1.29 is 14.3 Å². The molecule has 2 aromatic carbocycles. The topological polar surface area (TPSA) is 67.4 Å². The average molecular weight is 312 g/mol. The molecule has 0 heterocycles. The number of para-hydroxylation sites is 1. The van der Waals surface area contributed by atoms with Gasteiger partial charge in [-0.3, -0.25) is 4.79 Å². The minimum Gasteiger partial charge on any atom is -0.465 e. The zero-order valence-electron chi connectivity index (χ0n) is 13.0. The summed E-state index contributed by atoms with van der Waals surface area (Å²) in [5.41, 5.74) is 2.18. The number of rotatable bonds is 7. The van der Waals surface area contributed by atoms with Crippen LogP contribution in [0.1, 0.15) is 22.3 Å². The van der Waals surface area contributed by atoms with Gasteiger partial charge in [0.1, 0.15) is 0 Å². The third-order valence-corrected chi connectivity index (χ3v) is 3.33. The second kappa shape index (κ2) is 8.58. The van der Waals surface area contributed by atoms with E-state index in [0.717, 1.165) is 5.56 Å². The van der Waals surface area contributed by atoms with Gasteiger partial charge in [0.25, 0.3) is 0 Å². The summed E-state index contributed by atoms with van der Waals surface area (Å²) in [6, 6.07) is 16.8. The minimum atomic E-state index is -0.401. The van der Waals surface area contributed by atoms with Crippen LogP contribution in [0.2, 0.25) is 0 Å². The van der Waals surface area contributed by atoms with E-state index in [1.54, 1.807) is 18.2 Å². The summed E-state index contributed by atoms with van der Waals surface area (Å²) >= 11 is 0. The van der Waals surface area contributed by atoms with E-state index >= 15 is 0 Å². The number of anilines is 1. The van der Waals surface area contributed by atoms with Gasteiger partial charge in [0, 0.05) is 25.2 Å². The Morgan fingerprint density at radius 3 is 2.43 bits per heavy atom. The molecule has 0 aliphatic heterocycles. The number of carbonyl (C=O) groups is 2. The number of hydrogen-bond donors (Lipinski definition) is 2. The van der Waals surface area contributed by atoms with E-state index in [-0.39, 0.29) is 5.91 Å². The van der Waals surface area contributed by atoms with Crippen molar-refractivity contribution in [3.63, 3.8) is 0 Å². The van der Waals surface area contributed by atoms with Gasteiger partial charge in [-0.15, -0.1) is 0 Å². The maximum Gasteiger partial charge on any atom is 0.339 e. The smallest absolute Gasteiger partial charge is 0.339 e. The van der Waals surface area contributed by atoms with Crippen molar-refractivity contribution in [1.82, 2.24) is 5.32 Å². The first-order valence-corrected chi connectivity index (χ1v) is 7.42. The van der Waals surface area contributed by atoms with Gasteiger partial charge >= 0.3 is 5.97 Å². The molecule has 0 unspecified atom stereocenters. The van der Waals surface area contributed by atoms with Crippen molar-refractivity contribution in [1.29, 1.82) is 0 Å². The summed E-state index contributed by atoms with van der Waals surface area (Å²) in [7, 11) is 1.34. The van der Waals surface area contributed by atoms with E-state index in [2.05, 4.69) is 10.6 Å². The van der Waals surface area contributed by atoms with Gasteiger partial charge < -0.3 is 15.4 Å². The van der Waals surface area contributed by atoms with Crippen molar-refractivity contribution in [2.45, 2.75) is 13.0 Å². The zero-order valence-corrected chi connectivity index (χ0v) is 13.0. The molecule has 2 aromatic rings. The van der Waals surface area contributed by atoms with E-state index in [1.807, 2.05) is 36.4 Å². The Bertz CT molecular complexity index is 656. The average Bonchev–Trinajstić information content (AvgIpc) is 2.60. The molecule has 5 nitrogen and oxygen atoms in total. The Morgan fingerprint density at radius 1 is 1.00 bits per heavy atom. The summed E-state index contributed by atoms with van der Waals surface area (Å²) < 4.78 is 4.73. The van der Waals surface area contributed by atoms with Crippen LogP contribution in [0.25, 0.3) is 0 Å². The van der Waals surface area contributed by atoms with Crippen LogP contribution in [-0.4, -0.2) is 25.5 Å². The van der Waals surface area contributed by atoms with Crippen molar-refractivity contribution in [3.8, 4) is 0 Å². The maximum atomic E-state index is 11.8. The highest BCUT2D eigenvalue weighted by Crippen LogP contribution is 2.15. The number of nitrogens with one attached hydrogen (secondary N) is 2. The predicted octanol–water partition coefficient (Wildman–Crippen LogP) is 2.59. The molecule has 0 atom stereocenters. The number of amides is 1. The molecule has 0 aliphatic carbocycles. The third-order valence-electron chi connectivity index (χ3n) is 3.33. The molecule has 0 radical (unpaired) electrons. The lowest BCUT2D eigenvalue weighted by molar-refractivity contribution is -0.121. The molecule has 1 amide bonds. The van der Waals surface area contributed by atoms with Crippen molar-refractivity contribution >= 4 is 17.6 Å². The lowest BCUT2D eigenvalue weighted by Gasteiger charge is -2.10. The molecule has 0 saturated carbocycles. The molecule has 2 N–H and O–H groups in total. The molecule has 0 spiro atoms. The van der Waals surface area contributed by atoms with Gasteiger partial charge in [-0.1, -0.05) is 42.5 Å². The van der Waals surface area contributed by atoms with Gasteiger partial charge in [0.15, 0.2) is 0 Å². The van der Waals surface area contributed by atoms with E-state index in [9.17, 15) is 9.59 Å². The third kappa shape index (κ3) is 5.14. The van der Waals surface area contributed by atoms with E-state index < -0.39 is 5.97 Å². The Morgan fingerprint density at radius 2 is 1.70 bits per heavy atom. The maximum absolute atomic E-state index is 11.8. The van der Waals surface area contributed by atoms with Gasteiger partial charge in [-0.25, -0.2) is 4.79 Å². The lowest BCUT2D eigenvalue weighted by Crippen LogP contribution is -2.25. The summed E-state index contributed by atoms with van der Waals surface area (Å²) in [4.78, 5) is 23.5. The van der Waals surface area contributed by atoms with E-state index in [0.29, 0.717) is 30.8 Å². The first-order chi connectivity index (χ1) is 11.2. The number of hydrogen-bond acceptors (Lipinski definition) is 4. The second-order valence-corrected chi connectivity index (χ2v) is 4.98. The number of carbonyl (C=O) groups excluding carboxylic acids is 2. The van der Waals surface area contributed by atoms with E-state index in [1.165, 1.54) is 7.11 Å². The molecule has 0 aliphatic rings.